The molecule has 0 amide bonds. The first-order valence-corrected chi connectivity index (χ1v) is 8.58. The molecule has 26 heavy (non-hydrogen) atoms. The Morgan fingerprint density at radius 1 is 1.19 bits per heavy atom. The van der Waals surface area contributed by atoms with Gasteiger partial charge in [0, 0.05) is 27.2 Å². The quantitative estimate of drug-likeness (QED) is 0.657. The summed E-state index contributed by atoms with van der Waals surface area (Å²) in [5.74, 6) is -3.89. The topological polar surface area (TPSA) is 79.5 Å². The number of aliphatic carboxylic acids is 1. The van der Waals surface area contributed by atoms with E-state index in [1.807, 2.05) is 0 Å². The minimum absolute atomic E-state index is 0.216. The number of phenolic OH excluding ortho intramolecular Hbond substituents is 1. The average molecular weight is 420 g/mol. The summed E-state index contributed by atoms with van der Waals surface area (Å²) in [6.45, 7) is 3.10. The zero-order valence-electron chi connectivity index (χ0n) is 14.0. The molecule has 0 aliphatic rings. The number of nitrogens with zero attached hydrogens (tertiary/aromatic N) is 1. The van der Waals surface area contributed by atoms with Gasteiger partial charge in [0.05, 0.1) is 11.4 Å². The number of carboxylic acids is 1. The van der Waals surface area contributed by atoms with Crippen molar-refractivity contribution in [3.05, 3.63) is 63.5 Å². The number of benzene rings is 2. The largest absolute Gasteiger partial charge is 0.505 e. The molecule has 0 saturated carbocycles. The van der Waals surface area contributed by atoms with Crippen molar-refractivity contribution in [1.29, 1.82) is 0 Å². The van der Waals surface area contributed by atoms with Crippen LogP contribution in [-0.4, -0.2) is 26.7 Å². The monoisotopic (exact) mass is 419 g/mol. The summed E-state index contributed by atoms with van der Waals surface area (Å²) in [6.07, 6.45) is 0. The van der Waals surface area contributed by atoms with Gasteiger partial charge in [0.2, 0.25) is 0 Å². The van der Waals surface area contributed by atoms with E-state index in [0.717, 1.165) is 16.6 Å². The average Bonchev–Trinajstić information content (AvgIpc) is 2.85. The van der Waals surface area contributed by atoms with Crippen LogP contribution in [0.4, 0.5) is 4.39 Å². The summed E-state index contributed by atoms with van der Waals surface area (Å²) in [4.78, 5) is 24.5. The van der Waals surface area contributed by atoms with Crippen LogP contribution < -0.4 is 0 Å². The Morgan fingerprint density at radius 2 is 1.81 bits per heavy atom. The normalized spacial score (nSPS) is 12.3. The number of carboxylic acid groups (broad SMARTS) is 1. The number of aromatic nitrogens is 1. The van der Waals surface area contributed by atoms with Crippen molar-refractivity contribution in [2.24, 2.45) is 0 Å². The fourth-order valence-corrected chi connectivity index (χ4v) is 3.37. The first kappa shape index (κ1) is 18.1. The van der Waals surface area contributed by atoms with Crippen LogP contribution in [0, 0.1) is 12.7 Å². The number of rotatable bonds is 3. The van der Waals surface area contributed by atoms with Gasteiger partial charge < -0.3 is 10.2 Å². The number of aromatic hydroxyl groups is 1. The maximum atomic E-state index is 14.0. The van der Waals surface area contributed by atoms with Crippen LogP contribution in [0.3, 0.4) is 0 Å². The van der Waals surface area contributed by atoms with Crippen LogP contribution in [0.15, 0.2) is 40.9 Å². The molecule has 5 nitrogen and oxygen atoms in total. The summed E-state index contributed by atoms with van der Waals surface area (Å²) < 4.78 is 16.0. The van der Waals surface area contributed by atoms with Crippen molar-refractivity contribution in [2.45, 2.75) is 19.8 Å². The van der Waals surface area contributed by atoms with Crippen molar-refractivity contribution < 1.29 is 24.2 Å². The smallest absolute Gasteiger partial charge is 0.310 e. The molecule has 1 unspecified atom stereocenters. The zero-order chi connectivity index (χ0) is 19.2. The third-order valence-corrected chi connectivity index (χ3v) is 4.95. The molecule has 2 N–H and O–H groups in total. The highest BCUT2D eigenvalue weighted by molar-refractivity contribution is 9.10. The van der Waals surface area contributed by atoms with Gasteiger partial charge in [-0.1, -0.05) is 15.9 Å². The van der Waals surface area contributed by atoms with E-state index in [2.05, 4.69) is 15.9 Å². The van der Waals surface area contributed by atoms with E-state index in [1.54, 1.807) is 31.2 Å². The molecule has 1 atom stereocenters. The Kier molecular flexibility index (Phi) is 4.58. The van der Waals surface area contributed by atoms with Gasteiger partial charge in [-0.2, -0.15) is 0 Å². The molecule has 0 bridgehead atoms. The van der Waals surface area contributed by atoms with E-state index in [-0.39, 0.29) is 5.52 Å². The summed E-state index contributed by atoms with van der Waals surface area (Å²) in [7, 11) is 0. The first-order valence-electron chi connectivity index (χ1n) is 7.79. The lowest BCUT2D eigenvalue weighted by Crippen LogP contribution is -2.15. The highest BCUT2D eigenvalue weighted by atomic mass is 79.9. The molecule has 0 radical (unpaired) electrons. The maximum absolute atomic E-state index is 14.0. The lowest BCUT2D eigenvalue weighted by atomic mass is 9.98. The third kappa shape index (κ3) is 2.88. The zero-order valence-corrected chi connectivity index (χ0v) is 15.5. The molecule has 0 fully saturated rings. The van der Waals surface area contributed by atoms with Crippen molar-refractivity contribution in [3.8, 4) is 5.75 Å². The molecule has 0 aliphatic heterocycles. The molecule has 0 aliphatic carbocycles. The first-order chi connectivity index (χ1) is 12.2. The lowest BCUT2D eigenvalue weighted by molar-refractivity contribution is -0.138. The van der Waals surface area contributed by atoms with Crippen LogP contribution in [0.1, 0.15) is 34.5 Å². The summed E-state index contributed by atoms with van der Waals surface area (Å²) in [6, 6.07) is 8.87. The van der Waals surface area contributed by atoms with Gasteiger partial charge in [0.15, 0.2) is 11.6 Å². The van der Waals surface area contributed by atoms with E-state index in [0.29, 0.717) is 22.2 Å². The van der Waals surface area contributed by atoms with Crippen LogP contribution in [0.25, 0.3) is 10.9 Å². The summed E-state index contributed by atoms with van der Waals surface area (Å²) >= 11 is 3.30. The van der Waals surface area contributed by atoms with Gasteiger partial charge in [-0.3, -0.25) is 14.2 Å². The van der Waals surface area contributed by atoms with Crippen molar-refractivity contribution in [1.82, 2.24) is 4.57 Å². The van der Waals surface area contributed by atoms with Crippen LogP contribution in [-0.2, 0) is 4.79 Å². The van der Waals surface area contributed by atoms with Gasteiger partial charge in [-0.05, 0) is 49.7 Å². The molecule has 3 rings (SSSR count). The second-order valence-corrected chi connectivity index (χ2v) is 6.94. The SMILES string of the molecule is Cc1c(C(C)C(=O)O)c2cc(O)c(F)cc2n1C(=O)c1ccc(Br)cc1. The number of carbonyl (C=O) groups is 2. The predicted octanol–water partition coefficient (Wildman–Crippen LogP) is 4.43. The number of carbonyl (C=O) groups excluding carboxylic acids is 1. The molecule has 1 heterocycles. The molecule has 2 aromatic carbocycles. The molecular weight excluding hydrogens is 405 g/mol. The second kappa shape index (κ2) is 6.57. The Morgan fingerprint density at radius 3 is 2.38 bits per heavy atom. The van der Waals surface area contributed by atoms with Gasteiger partial charge in [-0.15, -0.1) is 0 Å². The Bertz CT molecular complexity index is 1040. The van der Waals surface area contributed by atoms with E-state index in [4.69, 9.17) is 0 Å². The Balaban J connectivity index is 2.33. The fraction of sp³-hybridized carbons (Fsp3) is 0.158. The van der Waals surface area contributed by atoms with Crippen molar-refractivity contribution in [3.63, 3.8) is 0 Å². The Hall–Kier alpha value is -2.67. The van der Waals surface area contributed by atoms with Crippen LogP contribution >= 0.6 is 15.9 Å². The lowest BCUT2D eigenvalue weighted by Gasteiger charge is -2.09. The molecule has 0 saturated heterocycles. The minimum Gasteiger partial charge on any atom is -0.505 e. The molecule has 3 aromatic rings. The molecule has 134 valence electrons. The van der Waals surface area contributed by atoms with Gasteiger partial charge >= 0.3 is 5.97 Å². The summed E-state index contributed by atoms with van der Waals surface area (Å²) in [5, 5.41) is 19.5. The number of phenols is 1. The number of hydrogen-bond donors (Lipinski definition) is 2. The van der Waals surface area contributed by atoms with E-state index < -0.39 is 29.4 Å². The van der Waals surface area contributed by atoms with E-state index >= 15 is 0 Å². The fourth-order valence-electron chi connectivity index (χ4n) is 3.10. The maximum Gasteiger partial charge on any atom is 0.310 e. The number of halogens is 2. The van der Waals surface area contributed by atoms with Crippen LogP contribution in [0.2, 0.25) is 0 Å². The molecule has 0 spiro atoms. The van der Waals surface area contributed by atoms with Gasteiger partial charge in [0.25, 0.3) is 5.91 Å². The third-order valence-electron chi connectivity index (χ3n) is 4.42. The van der Waals surface area contributed by atoms with E-state index in [1.165, 1.54) is 11.5 Å². The molecule has 1 aromatic heterocycles. The highest BCUT2D eigenvalue weighted by Crippen LogP contribution is 2.36. The van der Waals surface area contributed by atoms with Crippen LogP contribution in [0.5, 0.6) is 5.75 Å². The van der Waals surface area contributed by atoms with E-state index in [9.17, 15) is 24.2 Å². The predicted molar refractivity (Wildman–Crippen MR) is 98.2 cm³/mol. The number of hydrogen-bond acceptors (Lipinski definition) is 3. The standard InChI is InChI=1S/C19H15BrFNO4/c1-9(19(25)26)17-10(2)22(15-8-14(21)16(23)7-13(15)17)18(24)11-3-5-12(20)6-4-11/h3-9,23H,1-2H3,(H,25,26). The molecular formula is C19H15BrFNO4. The summed E-state index contributed by atoms with van der Waals surface area (Å²) in [5.41, 5.74) is 1.35. The number of fused-ring (bicyclic) bond motifs is 1. The highest BCUT2D eigenvalue weighted by Gasteiger charge is 2.27. The van der Waals surface area contributed by atoms with Crippen molar-refractivity contribution >= 4 is 38.7 Å². The molecule has 7 heteroatoms. The Labute approximate surface area is 156 Å². The van der Waals surface area contributed by atoms with Gasteiger partial charge in [0.1, 0.15) is 0 Å². The minimum atomic E-state index is -1.08. The van der Waals surface area contributed by atoms with Gasteiger partial charge in [-0.25, -0.2) is 4.39 Å². The second-order valence-electron chi connectivity index (χ2n) is 6.03. The van der Waals surface area contributed by atoms with Crippen molar-refractivity contribution in [2.75, 3.05) is 0 Å².